The topological polar surface area (TPSA) is 97.1 Å². The summed E-state index contributed by atoms with van der Waals surface area (Å²) in [4.78, 5) is 26.6. The number of rotatable bonds is 8. The minimum absolute atomic E-state index is 0.0459. The number of nitrogens with one attached hydrogen (secondary N) is 2. The third-order valence-electron chi connectivity index (χ3n) is 2.18. The molecule has 0 aromatic carbocycles. The van der Waals surface area contributed by atoms with E-state index in [4.69, 9.17) is 5.73 Å². The average Bonchev–Trinajstić information content (AvgIpc) is 2.67. The van der Waals surface area contributed by atoms with Crippen LogP contribution in [0.3, 0.4) is 0 Å². The molecule has 2 amide bonds. The smallest absolute Gasteiger partial charge is 0.227 e. The number of thioether (sulfide) groups is 1. The predicted octanol–water partition coefficient (Wildman–Crippen LogP) is 0.967. The molecule has 0 aliphatic rings. The monoisotopic (exact) mass is 302 g/mol. The number of primary amides is 1. The Hall–Kier alpha value is -1.12. The van der Waals surface area contributed by atoms with E-state index in [1.165, 1.54) is 23.1 Å². The maximum atomic E-state index is 11.6. The highest BCUT2D eigenvalue weighted by Gasteiger charge is 2.11. The standard InChI is InChI=1S/C11H18N4O2S2/c1-7-10(18-6-8(12)16)19-11(14-7)15-9(17)4-3-5-13-2/h13H,3-6H2,1-2H3,(H2,12,16)(H,14,15,17). The molecule has 0 radical (unpaired) electrons. The zero-order valence-corrected chi connectivity index (χ0v) is 12.6. The number of hydrogen-bond donors (Lipinski definition) is 3. The summed E-state index contributed by atoms with van der Waals surface area (Å²) >= 11 is 2.71. The second-order valence-corrected chi connectivity index (χ2v) is 6.15. The van der Waals surface area contributed by atoms with Crippen LogP contribution in [0.15, 0.2) is 4.21 Å². The van der Waals surface area contributed by atoms with Crippen molar-refractivity contribution in [3.05, 3.63) is 5.69 Å². The van der Waals surface area contributed by atoms with Crippen LogP contribution in [0.4, 0.5) is 5.13 Å². The molecule has 0 unspecified atom stereocenters. The zero-order valence-electron chi connectivity index (χ0n) is 11.0. The number of aromatic nitrogens is 1. The molecule has 0 aliphatic heterocycles. The van der Waals surface area contributed by atoms with Crippen LogP contribution < -0.4 is 16.4 Å². The molecule has 0 fully saturated rings. The van der Waals surface area contributed by atoms with Crippen LogP contribution in [-0.4, -0.2) is 36.1 Å². The fourth-order valence-corrected chi connectivity index (χ4v) is 3.21. The lowest BCUT2D eigenvalue weighted by Gasteiger charge is -2.00. The van der Waals surface area contributed by atoms with E-state index in [9.17, 15) is 9.59 Å². The van der Waals surface area contributed by atoms with Gasteiger partial charge in [-0.1, -0.05) is 11.3 Å². The number of thiazole rings is 1. The highest BCUT2D eigenvalue weighted by molar-refractivity contribution is 8.01. The number of carbonyl (C=O) groups is 2. The fourth-order valence-electron chi connectivity index (χ4n) is 1.31. The number of carbonyl (C=O) groups excluding carboxylic acids is 2. The average molecular weight is 302 g/mol. The van der Waals surface area contributed by atoms with Crippen molar-refractivity contribution < 1.29 is 9.59 Å². The van der Waals surface area contributed by atoms with Crippen LogP contribution in [-0.2, 0) is 9.59 Å². The summed E-state index contributed by atoms with van der Waals surface area (Å²) in [6, 6.07) is 0. The first-order chi connectivity index (χ1) is 9.02. The van der Waals surface area contributed by atoms with Crippen molar-refractivity contribution in [3.63, 3.8) is 0 Å². The van der Waals surface area contributed by atoms with Gasteiger partial charge in [0.25, 0.3) is 0 Å². The minimum Gasteiger partial charge on any atom is -0.369 e. The van der Waals surface area contributed by atoms with Gasteiger partial charge in [-0.15, -0.1) is 11.8 Å². The van der Waals surface area contributed by atoms with Crippen molar-refractivity contribution in [3.8, 4) is 0 Å². The van der Waals surface area contributed by atoms with E-state index in [0.29, 0.717) is 11.6 Å². The summed E-state index contributed by atoms with van der Waals surface area (Å²) in [6.45, 7) is 2.65. The van der Waals surface area contributed by atoms with Crippen molar-refractivity contribution in [2.45, 2.75) is 24.0 Å². The van der Waals surface area contributed by atoms with Crippen LogP contribution in [0, 0.1) is 6.92 Å². The highest BCUT2D eigenvalue weighted by Crippen LogP contribution is 2.31. The first-order valence-corrected chi connectivity index (χ1v) is 7.66. The summed E-state index contributed by atoms with van der Waals surface area (Å²) in [5.74, 6) is -0.190. The summed E-state index contributed by atoms with van der Waals surface area (Å²) in [7, 11) is 1.85. The van der Waals surface area contributed by atoms with Gasteiger partial charge in [-0.25, -0.2) is 4.98 Å². The Balaban J connectivity index is 2.48. The first kappa shape index (κ1) is 15.9. The number of nitrogens with zero attached hydrogens (tertiary/aromatic N) is 1. The Kier molecular flexibility index (Phi) is 6.82. The summed E-state index contributed by atoms with van der Waals surface area (Å²) in [6.07, 6.45) is 1.25. The molecule has 8 heteroatoms. The molecule has 106 valence electrons. The van der Waals surface area contributed by atoms with E-state index in [-0.39, 0.29) is 17.6 Å². The Morgan fingerprint density at radius 3 is 2.84 bits per heavy atom. The number of hydrogen-bond acceptors (Lipinski definition) is 6. The van der Waals surface area contributed by atoms with Gasteiger partial charge in [0.05, 0.1) is 15.7 Å². The quantitative estimate of drug-likeness (QED) is 0.491. The summed E-state index contributed by atoms with van der Waals surface area (Å²) < 4.78 is 0.907. The Bertz CT molecular complexity index is 448. The second kappa shape index (κ2) is 8.13. The maximum Gasteiger partial charge on any atom is 0.227 e. The molecular weight excluding hydrogens is 284 g/mol. The predicted molar refractivity (Wildman–Crippen MR) is 78.6 cm³/mol. The van der Waals surface area contributed by atoms with Crippen LogP contribution >= 0.6 is 23.1 Å². The third kappa shape index (κ3) is 6.04. The van der Waals surface area contributed by atoms with E-state index in [2.05, 4.69) is 15.6 Å². The lowest BCUT2D eigenvalue weighted by molar-refractivity contribution is -0.116. The van der Waals surface area contributed by atoms with E-state index < -0.39 is 0 Å². The van der Waals surface area contributed by atoms with Gasteiger partial charge in [0.1, 0.15) is 0 Å². The molecular formula is C11H18N4O2S2. The van der Waals surface area contributed by atoms with E-state index >= 15 is 0 Å². The largest absolute Gasteiger partial charge is 0.369 e. The molecule has 0 bridgehead atoms. The molecule has 0 saturated carbocycles. The molecule has 6 nitrogen and oxygen atoms in total. The van der Waals surface area contributed by atoms with Crippen molar-refractivity contribution in [2.24, 2.45) is 5.73 Å². The first-order valence-electron chi connectivity index (χ1n) is 5.86. The van der Waals surface area contributed by atoms with Crippen molar-refractivity contribution >= 4 is 40.0 Å². The molecule has 1 heterocycles. The molecule has 0 saturated heterocycles. The molecule has 1 rings (SSSR count). The highest BCUT2D eigenvalue weighted by atomic mass is 32.2. The SMILES string of the molecule is CNCCCC(=O)Nc1nc(C)c(SCC(N)=O)s1. The van der Waals surface area contributed by atoms with E-state index in [1.54, 1.807) is 0 Å². The molecule has 0 spiro atoms. The summed E-state index contributed by atoms with van der Waals surface area (Å²) in [5, 5.41) is 6.32. The van der Waals surface area contributed by atoms with Crippen LogP contribution in [0.1, 0.15) is 18.5 Å². The van der Waals surface area contributed by atoms with Crippen molar-refractivity contribution in [1.82, 2.24) is 10.3 Å². The Morgan fingerprint density at radius 1 is 1.47 bits per heavy atom. The van der Waals surface area contributed by atoms with Gasteiger partial charge < -0.3 is 16.4 Å². The van der Waals surface area contributed by atoms with Gasteiger partial charge in [-0.05, 0) is 26.9 Å². The molecule has 0 atom stereocenters. The van der Waals surface area contributed by atoms with Crippen molar-refractivity contribution in [2.75, 3.05) is 24.7 Å². The second-order valence-electron chi connectivity index (χ2n) is 3.90. The fraction of sp³-hybridized carbons (Fsp3) is 0.545. The molecule has 4 N–H and O–H groups in total. The van der Waals surface area contributed by atoms with Crippen LogP contribution in [0.2, 0.25) is 0 Å². The number of amides is 2. The van der Waals surface area contributed by atoms with Gasteiger partial charge >= 0.3 is 0 Å². The lowest BCUT2D eigenvalue weighted by Crippen LogP contribution is -2.15. The third-order valence-corrected chi connectivity index (χ3v) is 4.63. The van der Waals surface area contributed by atoms with Crippen LogP contribution in [0.5, 0.6) is 0 Å². The van der Waals surface area contributed by atoms with Gasteiger partial charge in [0.2, 0.25) is 11.8 Å². The molecule has 1 aromatic rings. The van der Waals surface area contributed by atoms with Crippen LogP contribution in [0.25, 0.3) is 0 Å². The number of anilines is 1. The molecule has 1 aromatic heterocycles. The minimum atomic E-state index is -0.365. The van der Waals surface area contributed by atoms with E-state index in [0.717, 1.165) is 22.9 Å². The number of aryl methyl sites for hydroxylation is 1. The normalized spacial score (nSPS) is 10.4. The lowest BCUT2D eigenvalue weighted by atomic mass is 10.3. The zero-order chi connectivity index (χ0) is 14.3. The summed E-state index contributed by atoms with van der Waals surface area (Å²) in [5.41, 5.74) is 5.90. The van der Waals surface area contributed by atoms with Crippen molar-refractivity contribution in [1.29, 1.82) is 0 Å². The van der Waals surface area contributed by atoms with Gasteiger partial charge in [-0.2, -0.15) is 0 Å². The van der Waals surface area contributed by atoms with E-state index in [1.807, 2.05) is 14.0 Å². The molecule has 0 aliphatic carbocycles. The van der Waals surface area contributed by atoms with Gasteiger partial charge in [0, 0.05) is 6.42 Å². The number of nitrogens with two attached hydrogens (primary N) is 1. The maximum absolute atomic E-state index is 11.6. The Morgan fingerprint density at radius 2 is 2.21 bits per heavy atom. The molecule has 19 heavy (non-hydrogen) atoms. The van der Waals surface area contributed by atoms with Gasteiger partial charge in [0.15, 0.2) is 5.13 Å². The Labute approximate surface area is 120 Å². The van der Waals surface area contributed by atoms with Gasteiger partial charge in [-0.3, -0.25) is 9.59 Å².